The predicted octanol–water partition coefficient (Wildman–Crippen LogP) is 5.76. The Morgan fingerprint density at radius 1 is 0.972 bits per heavy atom. The third kappa shape index (κ3) is 4.78. The number of nitrogens with zero attached hydrogens (tertiary/aromatic N) is 3. The largest absolute Gasteiger partial charge is 0.365 e. The fourth-order valence-corrected chi connectivity index (χ4v) is 5.98. The zero-order chi connectivity index (χ0) is 25.4. The number of thioether (sulfide) groups is 1. The highest BCUT2D eigenvalue weighted by Crippen LogP contribution is 2.42. The minimum absolute atomic E-state index is 0.0140. The van der Waals surface area contributed by atoms with Gasteiger partial charge in [0.2, 0.25) is 0 Å². The minimum Gasteiger partial charge on any atom is -0.365 e. The molecule has 2 aliphatic rings. The molecule has 0 radical (unpaired) electrons. The summed E-state index contributed by atoms with van der Waals surface area (Å²) in [5.41, 5.74) is 6.00. The van der Waals surface area contributed by atoms with Crippen molar-refractivity contribution in [2.75, 3.05) is 36.5 Å². The van der Waals surface area contributed by atoms with Crippen LogP contribution in [0.15, 0.2) is 76.5 Å². The molecule has 36 heavy (non-hydrogen) atoms. The average molecular weight is 498 g/mol. The summed E-state index contributed by atoms with van der Waals surface area (Å²) in [4.78, 5) is 34.2. The number of carbonyl (C=O) groups excluding carboxylic acids is 2. The van der Waals surface area contributed by atoms with Crippen molar-refractivity contribution in [3.05, 3.63) is 93.9 Å². The number of benzene rings is 3. The average Bonchev–Trinajstić information content (AvgIpc) is 2.87. The van der Waals surface area contributed by atoms with E-state index in [2.05, 4.69) is 49.1 Å². The number of rotatable bonds is 3. The summed E-state index contributed by atoms with van der Waals surface area (Å²) in [6.45, 7) is 8.42. The Bertz CT molecular complexity index is 1350. The van der Waals surface area contributed by atoms with Gasteiger partial charge in [0.15, 0.2) is 0 Å². The van der Waals surface area contributed by atoms with Crippen LogP contribution in [0.2, 0.25) is 0 Å². The molecule has 3 aromatic carbocycles. The molecule has 1 fully saturated rings. The molecule has 0 aliphatic carbocycles. The maximum atomic E-state index is 13.4. The lowest BCUT2D eigenvalue weighted by molar-refractivity contribution is -0.114. The van der Waals surface area contributed by atoms with Crippen LogP contribution in [-0.2, 0) is 4.79 Å². The van der Waals surface area contributed by atoms with Crippen molar-refractivity contribution in [2.24, 2.45) is 0 Å². The van der Waals surface area contributed by atoms with E-state index >= 15 is 0 Å². The molecule has 0 spiro atoms. The van der Waals surface area contributed by atoms with E-state index in [0.29, 0.717) is 23.6 Å². The number of piperazine rings is 1. The molecular weight excluding hydrogens is 466 g/mol. The number of fused-ring (bicyclic) bond motifs is 1. The molecule has 2 heterocycles. The Morgan fingerprint density at radius 3 is 2.47 bits per heavy atom. The quantitative estimate of drug-likeness (QED) is 0.431. The van der Waals surface area contributed by atoms with E-state index in [9.17, 15) is 9.59 Å². The van der Waals surface area contributed by atoms with Crippen molar-refractivity contribution in [1.82, 2.24) is 4.90 Å². The van der Waals surface area contributed by atoms with Gasteiger partial charge >= 0.3 is 0 Å². The Hall–Kier alpha value is -3.51. The van der Waals surface area contributed by atoms with Crippen LogP contribution >= 0.6 is 11.8 Å². The van der Waals surface area contributed by atoms with Gasteiger partial charge < -0.3 is 14.7 Å². The van der Waals surface area contributed by atoms with Gasteiger partial charge in [0.05, 0.1) is 10.6 Å². The van der Waals surface area contributed by atoms with Crippen LogP contribution in [0.4, 0.5) is 11.4 Å². The number of anilines is 2. The minimum atomic E-state index is -0.0565. The van der Waals surface area contributed by atoms with Gasteiger partial charge in [-0.05, 0) is 62.7 Å². The molecule has 0 saturated carbocycles. The summed E-state index contributed by atoms with van der Waals surface area (Å²) in [7, 11) is 1.78. The molecule has 6 heteroatoms. The highest BCUT2D eigenvalue weighted by molar-refractivity contribution is 8.04. The summed E-state index contributed by atoms with van der Waals surface area (Å²) >= 11 is 1.46. The first-order chi connectivity index (χ1) is 17.3. The van der Waals surface area contributed by atoms with Gasteiger partial charge in [-0.15, -0.1) is 0 Å². The van der Waals surface area contributed by atoms with E-state index in [1.54, 1.807) is 11.9 Å². The Kier molecular flexibility index (Phi) is 6.63. The van der Waals surface area contributed by atoms with Crippen molar-refractivity contribution >= 4 is 41.0 Å². The second-order valence-electron chi connectivity index (χ2n) is 9.70. The fraction of sp³-hybridized carbons (Fsp3) is 0.267. The first-order valence-electron chi connectivity index (χ1n) is 12.3. The van der Waals surface area contributed by atoms with Crippen LogP contribution in [0.5, 0.6) is 0 Å². The van der Waals surface area contributed by atoms with Crippen LogP contribution in [0.3, 0.4) is 0 Å². The molecule has 1 unspecified atom stereocenters. The SMILES string of the molecule is Cc1ccc(N2CCN(C(=O)c3ccc4c(c3)N(C)C(=O)C(=Cc3cccc(C)c3)S4)CC2C)cc1. The van der Waals surface area contributed by atoms with Gasteiger partial charge in [0.1, 0.15) is 0 Å². The summed E-state index contributed by atoms with van der Waals surface area (Å²) in [6.07, 6.45) is 1.94. The first-order valence-corrected chi connectivity index (χ1v) is 13.1. The zero-order valence-corrected chi connectivity index (χ0v) is 22.0. The molecule has 1 atom stereocenters. The van der Waals surface area contributed by atoms with Gasteiger partial charge in [-0.3, -0.25) is 9.59 Å². The third-order valence-electron chi connectivity index (χ3n) is 6.92. The lowest BCUT2D eigenvalue weighted by Crippen LogP contribution is -2.53. The number of hydrogen-bond donors (Lipinski definition) is 0. The Balaban J connectivity index is 1.33. The summed E-state index contributed by atoms with van der Waals surface area (Å²) in [5.74, 6) is -0.0425. The van der Waals surface area contributed by atoms with Gasteiger partial charge in [-0.25, -0.2) is 0 Å². The molecule has 0 N–H and O–H groups in total. The molecule has 2 amide bonds. The number of aryl methyl sites for hydroxylation is 2. The first kappa shape index (κ1) is 24.2. The third-order valence-corrected chi connectivity index (χ3v) is 8.00. The van der Waals surface area contributed by atoms with Crippen LogP contribution < -0.4 is 9.80 Å². The normalized spacial score (nSPS) is 19.0. The molecule has 5 nitrogen and oxygen atoms in total. The number of hydrogen-bond acceptors (Lipinski definition) is 4. The summed E-state index contributed by atoms with van der Waals surface area (Å²) in [5, 5.41) is 0. The molecule has 0 bridgehead atoms. The molecular formula is C30H31N3O2S. The molecule has 3 aromatic rings. The second kappa shape index (κ2) is 9.86. The molecule has 184 valence electrons. The van der Waals surface area contributed by atoms with Crippen LogP contribution in [0, 0.1) is 13.8 Å². The van der Waals surface area contributed by atoms with E-state index in [4.69, 9.17) is 0 Å². The van der Waals surface area contributed by atoms with E-state index < -0.39 is 0 Å². The number of likely N-dealkylation sites (N-methyl/N-ethyl adjacent to an activating group) is 1. The predicted molar refractivity (Wildman–Crippen MR) is 149 cm³/mol. The van der Waals surface area contributed by atoms with Gasteiger partial charge in [0.25, 0.3) is 11.8 Å². The van der Waals surface area contributed by atoms with Crippen molar-refractivity contribution in [3.63, 3.8) is 0 Å². The molecule has 2 aliphatic heterocycles. The Labute approximate surface area is 217 Å². The zero-order valence-electron chi connectivity index (χ0n) is 21.2. The van der Waals surface area contributed by atoms with Crippen molar-refractivity contribution in [1.29, 1.82) is 0 Å². The topological polar surface area (TPSA) is 43.9 Å². The monoisotopic (exact) mass is 497 g/mol. The van der Waals surface area contributed by atoms with Gasteiger partial charge in [0, 0.05) is 48.9 Å². The molecule has 5 rings (SSSR count). The standard InChI is InChI=1S/C30H31N3O2S/c1-20-8-11-25(12-9-20)33-15-14-32(19-22(33)3)29(34)24-10-13-27-26(18-24)31(4)30(35)28(36-27)17-23-7-5-6-21(2)16-23/h5-13,16-18,22H,14-15,19H2,1-4H3. The maximum Gasteiger partial charge on any atom is 0.264 e. The van der Waals surface area contributed by atoms with Crippen molar-refractivity contribution in [2.45, 2.75) is 31.7 Å². The Morgan fingerprint density at radius 2 is 1.75 bits per heavy atom. The summed E-state index contributed by atoms with van der Waals surface area (Å²) < 4.78 is 0. The van der Waals surface area contributed by atoms with Gasteiger partial charge in [-0.1, -0.05) is 59.3 Å². The van der Waals surface area contributed by atoms with Crippen LogP contribution in [0.25, 0.3) is 6.08 Å². The number of carbonyl (C=O) groups is 2. The molecule has 1 saturated heterocycles. The highest BCUT2D eigenvalue weighted by Gasteiger charge is 2.30. The van der Waals surface area contributed by atoms with Gasteiger partial charge in [-0.2, -0.15) is 0 Å². The van der Waals surface area contributed by atoms with E-state index in [1.165, 1.54) is 23.0 Å². The van der Waals surface area contributed by atoms with Crippen LogP contribution in [-0.4, -0.2) is 49.4 Å². The van der Waals surface area contributed by atoms with E-state index in [1.807, 2.05) is 54.3 Å². The molecule has 0 aromatic heterocycles. The van der Waals surface area contributed by atoms with Crippen molar-refractivity contribution < 1.29 is 9.59 Å². The van der Waals surface area contributed by atoms with E-state index in [0.717, 1.165) is 28.3 Å². The van der Waals surface area contributed by atoms with Crippen LogP contribution in [0.1, 0.15) is 34.0 Å². The second-order valence-corrected chi connectivity index (χ2v) is 10.8. The maximum absolute atomic E-state index is 13.4. The number of amides is 2. The lowest BCUT2D eigenvalue weighted by Gasteiger charge is -2.41. The van der Waals surface area contributed by atoms with E-state index in [-0.39, 0.29) is 17.9 Å². The highest BCUT2D eigenvalue weighted by atomic mass is 32.2. The fourth-order valence-electron chi connectivity index (χ4n) is 4.88. The summed E-state index contributed by atoms with van der Waals surface area (Å²) in [6, 6.07) is 22.6. The van der Waals surface area contributed by atoms with Crippen molar-refractivity contribution in [3.8, 4) is 0 Å². The smallest absolute Gasteiger partial charge is 0.264 e. The lowest BCUT2D eigenvalue weighted by atomic mass is 10.1.